The maximum absolute atomic E-state index is 12.6. The first-order valence-corrected chi connectivity index (χ1v) is 23.1. The summed E-state index contributed by atoms with van der Waals surface area (Å²) in [7, 11) is -4.65. The highest BCUT2D eigenvalue weighted by atomic mass is 31.2. The summed E-state index contributed by atoms with van der Waals surface area (Å²) < 4.78 is 32.6. The Labute approximate surface area is 350 Å². The van der Waals surface area contributed by atoms with Crippen molar-refractivity contribution < 1.29 is 52.9 Å². The van der Waals surface area contributed by atoms with Crippen LogP contribution < -0.4 is 0 Å². The van der Waals surface area contributed by atoms with Crippen molar-refractivity contribution in [1.29, 1.82) is 0 Å². The number of phosphoric acid groups is 1. The van der Waals surface area contributed by atoms with Gasteiger partial charge < -0.3 is 29.7 Å². The molecule has 332 valence electrons. The molecule has 4 N–H and O–H groups in total. The van der Waals surface area contributed by atoms with E-state index in [2.05, 4.69) is 84.4 Å². The van der Waals surface area contributed by atoms with Crippen molar-refractivity contribution in [2.75, 3.05) is 26.4 Å². The summed E-state index contributed by atoms with van der Waals surface area (Å²) in [5.41, 5.74) is 0. The Morgan fingerprint density at radius 3 is 1.55 bits per heavy atom. The first-order valence-electron chi connectivity index (χ1n) is 21.6. The smallest absolute Gasteiger partial charge is 0.462 e. The molecular weight excluding hydrogens is 759 g/mol. The van der Waals surface area contributed by atoms with E-state index in [9.17, 15) is 29.3 Å². The van der Waals surface area contributed by atoms with Crippen LogP contribution in [0.25, 0.3) is 0 Å². The fourth-order valence-corrected chi connectivity index (χ4v) is 5.94. The second-order valence-corrected chi connectivity index (χ2v) is 15.6. The molecule has 12 heteroatoms. The normalized spacial score (nSPS) is 15.2. The van der Waals surface area contributed by atoms with Crippen LogP contribution in [0.4, 0.5) is 0 Å². The van der Waals surface area contributed by atoms with Crippen LogP contribution in [0, 0.1) is 0 Å². The number of rotatable bonds is 39. The second kappa shape index (κ2) is 40.9. The van der Waals surface area contributed by atoms with E-state index in [0.29, 0.717) is 19.3 Å². The molecule has 0 spiro atoms. The summed E-state index contributed by atoms with van der Waals surface area (Å²) in [6, 6.07) is 0. The Kier molecular flexibility index (Phi) is 38.8. The van der Waals surface area contributed by atoms with Crippen molar-refractivity contribution in [3.63, 3.8) is 0 Å². The van der Waals surface area contributed by atoms with Gasteiger partial charge in [-0.3, -0.25) is 18.6 Å². The van der Waals surface area contributed by atoms with Crippen LogP contribution in [0.5, 0.6) is 0 Å². The quantitative estimate of drug-likeness (QED) is 0.0201. The van der Waals surface area contributed by atoms with Gasteiger partial charge in [0.15, 0.2) is 6.10 Å². The van der Waals surface area contributed by atoms with Gasteiger partial charge in [0.25, 0.3) is 0 Å². The second-order valence-electron chi connectivity index (χ2n) is 14.2. The fourth-order valence-electron chi connectivity index (χ4n) is 5.15. The summed E-state index contributed by atoms with van der Waals surface area (Å²) in [6.45, 7) is 1.95. The zero-order valence-corrected chi connectivity index (χ0v) is 36.5. The molecule has 4 atom stereocenters. The van der Waals surface area contributed by atoms with Crippen LogP contribution in [-0.4, -0.2) is 76.9 Å². The summed E-state index contributed by atoms with van der Waals surface area (Å²) in [5.74, 6) is -1.04. The van der Waals surface area contributed by atoms with Crippen molar-refractivity contribution in [3.8, 4) is 0 Å². The molecule has 58 heavy (non-hydrogen) atoms. The van der Waals surface area contributed by atoms with Gasteiger partial charge in [0.2, 0.25) is 0 Å². The van der Waals surface area contributed by atoms with Crippen molar-refractivity contribution in [2.24, 2.45) is 0 Å². The van der Waals surface area contributed by atoms with E-state index in [1.807, 2.05) is 19.1 Å². The molecule has 0 aromatic carbocycles. The van der Waals surface area contributed by atoms with Crippen LogP contribution in [0.3, 0.4) is 0 Å². The maximum atomic E-state index is 12.6. The predicted octanol–water partition coefficient (Wildman–Crippen LogP) is 10.4. The van der Waals surface area contributed by atoms with Crippen molar-refractivity contribution in [2.45, 2.75) is 167 Å². The lowest BCUT2D eigenvalue weighted by Crippen LogP contribution is -2.29. The van der Waals surface area contributed by atoms with Gasteiger partial charge >= 0.3 is 19.8 Å². The lowest BCUT2D eigenvalue weighted by Gasteiger charge is -2.20. The highest BCUT2D eigenvalue weighted by Gasteiger charge is 2.27. The molecule has 0 heterocycles. The number of unbranched alkanes of at least 4 members (excludes halogenated alkanes) is 8. The minimum Gasteiger partial charge on any atom is -0.462 e. The molecule has 0 aliphatic carbocycles. The molecular formula is C46H77O11P. The van der Waals surface area contributed by atoms with E-state index >= 15 is 0 Å². The third kappa shape index (κ3) is 39.9. The van der Waals surface area contributed by atoms with Gasteiger partial charge in [-0.15, -0.1) is 0 Å². The molecule has 0 amide bonds. The molecule has 0 fully saturated rings. The predicted molar refractivity (Wildman–Crippen MR) is 234 cm³/mol. The van der Waals surface area contributed by atoms with Crippen molar-refractivity contribution >= 4 is 19.8 Å². The first kappa shape index (κ1) is 55.1. The van der Waals surface area contributed by atoms with E-state index in [-0.39, 0.29) is 25.6 Å². The van der Waals surface area contributed by atoms with E-state index < -0.39 is 51.8 Å². The largest absolute Gasteiger partial charge is 0.472 e. The minimum absolute atomic E-state index is 0.0851. The van der Waals surface area contributed by atoms with Crippen LogP contribution in [0.15, 0.2) is 85.1 Å². The summed E-state index contributed by atoms with van der Waals surface area (Å²) in [4.78, 5) is 35.0. The number of allylic oxidation sites excluding steroid dienone is 14. The molecule has 0 bridgehead atoms. The Bertz CT molecular complexity index is 1250. The molecule has 1 unspecified atom stereocenters. The van der Waals surface area contributed by atoms with Crippen molar-refractivity contribution in [3.05, 3.63) is 85.1 Å². The summed E-state index contributed by atoms with van der Waals surface area (Å²) in [5, 5.41) is 27.9. The third-order valence-electron chi connectivity index (χ3n) is 8.69. The maximum Gasteiger partial charge on any atom is 0.472 e. The number of ether oxygens (including phenoxy) is 2. The Morgan fingerprint density at radius 2 is 1.02 bits per heavy atom. The van der Waals surface area contributed by atoms with E-state index in [1.165, 1.54) is 19.3 Å². The van der Waals surface area contributed by atoms with E-state index in [4.69, 9.17) is 19.1 Å². The molecule has 11 nitrogen and oxygen atoms in total. The van der Waals surface area contributed by atoms with Gasteiger partial charge in [0, 0.05) is 12.8 Å². The summed E-state index contributed by atoms with van der Waals surface area (Å²) >= 11 is 0. The molecule has 0 aliphatic heterocycles. The third-order valence-corrected chi connectivity index (χ3v) is 9.64. The summed E-state index contributed by atoms with van der Waals surface area (Å²) in [6.07, 6.45) is 44.9. The molecule has 0 aliphatic rings. The van der Waals surface area contributed by atoms with Gasteiger partial charge in [-0.25, -0.2) is 4.57 Å². The van der Waals surface area contributed by atoms with Gasteiger partial charge in [0.05, 0.1) is 25.9 Å². The molecule has 0 aromatic rings. The topological polar surface area (TPSA) is 169 Å². The number of aliphatic hydroxyl groups is 3. The molecule has 0 saturated carbocycles. The number of esters is 2. The van der Waals surface area contributed by atoms with Crippen molar-refractivity contribution in [1.82, 2.24) is 0 Å². The number of hydrogen-bond donors (Lipinski definition) is 4. The van der Waals surface area contributed by atoms with Crippen LogP contribution in [0.1, 0.15) is 149 Å². The van der Waals surface area contributed by atoms with Gasteiger partial charge in [-0.1, -0.05) is 125 Å². The average molecular weight is 837 g/mol. The van der Waals surface area contributed by atoms with E-state index in [1.54, 1.807) is 0 Å². The number of phosphoric ester groups is 1. The Hall–Kier alpha value is -2.89. The molecule has 0 saturated heterocycles. The number of carbonyl (C=O) groups excluding carboxylic acids is 2. The zero-order chi connectivity index (χ0) is 42.8. The van der Waals surface area contributed by atoms with Gasteiger partial charge in [-0.2, -0.15) is 0 Å². The standard InChI is InChI=1S/C46H77O11P/c1-3-5-6-7-8-9-10-11-12-13-14-18-21-24-27-30-33-36-45(50)54-40-44(41-56-58(52,53)55-39-43(49)38-47)57-46(51)37-34-31-28-25-22-19-16-15-17-20-23-26-29-32-35-42(48)4-2/h8-9,11-12,14,16-20,25-26,28-29,42-44,47-49H,3-7,10,13,15,21-24,27,30-41H2,1-2H3,(H,52,53)/b9-8-,12-11-,18-14-,19-16-,20-17-,28-25-,29-26-/t42-,43+,44-/m1/s1. The molecule has 0 aromatic heterocycles. The Balaban J connectivity index is 4.47. The lowest BCUT2D eigenvalue weighted by molar-refractivity contribution is -0.161. The van der Waals surface area contributed by atoms with Crippen LogP contribution in [-0.2, 0) is 32.7 Å². The number of aliphatic hydroxyl groups excluding tert-OH is 3. The van der Waals surface area contributed by atoms with Gasteiger partial charge in [0.1, 0.15) is 12.7 Å². The monoisotopic (exact) mass is 837 g/mol. The number of carbonyl (C=O) groups is 2. The zero-order valence-electron chi connectivity index (χ0n) is 35.6. The SMILES string of the molecule is CCCCC/C=C\C/C=C\C/C=C\CCCCCCC(=O)OC[C@H](COP(=O)(O)OC[C@@H](O)CO)OC(=O)CCC/C=C\C/C=C\C/C=C\C/C=C\CC[C@H](O)CC. The highest BCUT2D eigenvalue weighted by molar-refractivity contribution is 7.47. The van der Waals surface area contributed by atoms with Crippen LogP contribution >= 0.6 is 7.82 Å². The lowest BCUT2D eigenvalue weighted by atomic mass is 10.1. The Morgan fingerprint density at radius 1 is 0.552 bits per heavy atom. The first-order chi connectivity index (χ1) is 28.1. The van der Waals surface area contributed by atoms with Gasteiger partial charge in [-0.05, 0) is 96.3 Å². The van der Waals surface area contributed by atoms with Crippen LogP contribution in [0.2, 0.25) is 0 Å². The fraction of sp³-hybridized carbons (Fsp3) is 0.652. The van der Waals surface area contributed by atoms with E-state index in [0.717, 1.165) is 83.5 Å². The minimum atomic E-state index is -4.65. The average Bonchev–Trinajstić information content (AvgIpc) is 3.21. The number of hydrogen-bond acceptors (Lipinski definition) is 10. The highest BCUT2D eigenvalue weighted by Crippen LogP contribution is 2.43. The molecule has 0 radical (unpaired) electrons. The molecule has 0 rings (SSSR count).